The molecule has 17 heavy (non-hydrogen) atoms. The van der Waals surface area contributed by atoms with Crippen LogP contribution in [0.1, 0.15) is 15.9 Å². The molecule has 2 aromatic rings. The van der Waals surface area contributed by atoms with Crippen molar-refractivity contribution < 1.29 is 4.79 Å². The lowest BCUT2D eigenvalue weighted by molar-refractivity contribution is 0.0951. The van der Waals surface area contributed by atoms with E-state index in [-0.39, 0.29) is 5.91 Å². The van der Waals surface area contributed by atoms with Crippen molar-refractivity contribution in [3.8, 4) is 0 Å². The van der Waals surface area contributed by atoms with Crippen LogP contribution in [0.25, 0.3) is 0 Å². The Bertz CT molecular complexity index is 505. The number of hydrogen-bond donors (Lipinski definition) is 2. The van der Waals surface area contributed by atoms with Crippen LogP contribution in [0.2, 0.25) is 0 Å². The predicted octanol–water partition coefficient (Wildman–Crippen LogP) is 2.86. The summed E-state index contributed by atoms with van der Waals surface area (Å²) in [6, 6.07) is 5.43. The summed E-state index contributed by atoms with van der Waals surface area (Å²) in [5, 5.41) is 9.32. The van der Waals surface area contributed by atoms with Crippen LogP contribution in [0.15, 0.2) is 39.5 Å². The van der Waals surface area contributed by atoms with Gasteiger partial charge in [-0.3, -0.25) is 9.89 Å². The van der Waals surface area contributed by atoms with E-state index >= 15 is 0 Å². The minimum absolute atomic E-state index is 0.117. The maximum Gasteiger partial charge on any atom is 0.251 e. The number of aromatic amines is 1. The molecule has 1 heterocycles. The van der Waals surface area contributed by atoms with Gasteiger partial charge in [-0.1, -0.05) is 31.9 Å². The van der Waals surface area contributed by atoms with Crippen LogP contribution >= 0.6 is 31.9 Å². The van der Waals surface area contributed by atoms with Crippen molar-refractivity contribution in [3.63, 3.8) is 0 Å². The third-order valence-corrected chi connectivity index (χ3v) is 3.05. The van der Waals surface area contributed by atoms with Gasteiger partial charge in [0.15, 0.2) is 0 Å². The van der Waals surface area contributed by atoms with Crippen molar-refractivity contribution in [3.05, 3.63) is 50.7 Å². The van der Waals surface area contributed by atoms with Crippen molar-refractivity contribution >= 4 is 37.8 Å². The van der Waals surface area contributed by atoms with E-state index in [4.69, 9.17) is 0 Å². The van der Waals surface area contributed by atoms with Crippen molar-refractivity contribution in [1.82, 2.24) is 15.5 Å². The second-order valence-corrected chi connectivity index (χ2v) is 5.28. The quantitative estimate of drug-likeness (QED) is 0.886. The first kappa shape index (κ1) is 12.3. The largest absolute Gasteiger partial charge is 0.348 e. The lowest BCUT2D eigenvalue weighted by Crippen LogP contribution is -2.22. The first-order valence-corrected chi connectivity index (χ1v) is 6.46. The molecular formula is C11H9Br2N3O. The molecule has 0 atom stereocenters. The number of rotatable bonds is 3. The monoisotopic (exact) mass is 357 g/mol. The Morgan fingerprint density at radius 2 is 2.00 bits per heavy atom. The van der Waals surface area contributed by atoms with Gasteiger partial charge in [-0.05, 0) is 18.2 Å². The first-order chi connectivity index (χ1) is 8.15. The number of halogens is 2. The van der Waals surface area contributed by atoms with Gasteiger partial charge in [0.2, 0.25) is 0 Å². The number of nitrogens with one attached hydrogen (secondary N) is 2. The predicted molar refractivity (Wildman–Crippen MR) is 71.6 cm³/mol. The molecule has 1 aromatic heterocycles. The Hall–Kier alpha value is -1.14. The number of hydrogen-bond acceptors (Lipinski definition) is 2. The lowest BCUT2D eigenvalue weighted by atomic mass is 10.2. The highest BCUT2D eigenvalue weighted by atomic mass is 79.9. The molecular weight excluding hydrogens is 350 g/mol. The molecule has 0 radical (unpaired) electrons. The van der Waals surface area contributed by atoms with E-state index in [1.165, 1.54) is 0 Å². The Balaban J connectivity index is 2.04. The number of nitrogens with zero attached hydrogens (tertiary/aromatic N) is 1. The zero-order chi connectivity index (χ0) is 12.3. The molecule has 4 nitrogen and oxygen atoms in total. The summed E-state index contributed by atoms with van der Waals surface area (Å²) in [5.41, 5.74) is 1.54. The second-order valence-electron chi connectivity index (χ2n) is 3.45. The van der Waals surface area contributed by atoms with Crippen molar-refractivity contribution in [1.29, 1.82) is 0 Å². The summed E-state index contributed by atoms with van der Waals surface area (Å²) in [5.74, 6) is -0.117. The molecule has 0 aliphatic rings. The highest BCUT2D eigenvalue weighted by molar-refractivity contribution is 9.11. The number of benzene rings is 1. The van der Waals surface area contributed by atoms with E-state index in [9.17, 15) is 4.79 Å². The zero-order valence-corrected chi connectivity index (χ0v) is 11.9. The molecule has 0 saturated carbocycles. The van der Waals surface area contributed by atoms with E-state index < -0.39 is 0 Å². The van der Waals surface area contributed by atoms with Crippen LogP contribution in [-0.2, 0) is 6.54 Å². The lowest BCUT2D eigenvalue weighted by Gasteiger charge is -2.04. The van der Waals surface area contributed by atoms with E-state index in [2.05, 4.69) is 47.4 Å². The Labute approximate surface area is 115 Å². The van der Waals surface area contributed by atoms with Crippen molar-refractivity contribution in [2.75, 3.05) is 0 Å². The first-order valence-electron chi connectivity index (χ1n) is 4.87. The fourth-order valence-electron chi connectivity index (χ4n) is 1.34. The number of carbonyl (C=O) groups excluding carboxylic acids is 1. The molecule has 6 heteroatoms. The summed E-state index contributed by atoms with van der Waals surface area (Å²) in [6.45, 7) is 0.458. The Morgan fingerprint density at radius 3 is 2.59 bits per heavy atom. The smallest absolute Gasteiger partial charge is 0.251 e. The normalized spacial score (nSPS) is 10.2. The molecule has 1 aromatic carbocycles. The van der Waals surface area contributed by atoms with E-state index in [1.807, 2.05) is 6.07 Å². The van der Waals surface area contributed by atoms with Crippen LogP contribution in [0.3, 0.4) is 0 Å². The fraction of sp³-hybridized carbons (Fsp3) is 0.0909. The van der Waals surface area contributed by atoms with Crippen molar-refractivity contribution in [2.24, 2.45) is 0 Å². The van der Waals surface area contributed by atoms with Gasteiger partial charge in [-0.25, -0.2) is 0 Å². The third kappa shape index (κ3) is 3.41. The maximum atomic E-state index is 11.9. The molecule has 0 saturated heterocycles. The van der Waals surface area contributed by atoms with Gasteiger partial charge in [-0.15, -0.1) is 0 Å². The Kier molecular flexibility index (Phi) is 3.96. The molecule has 0 bridgehead atoms. The fourth-order valence-corrected chi connectivity index (χ4v) is 2.64. The Morgan fingerprint density at radius 1 is 1.29 bits per heavy atom. The van der Waals surface area contributed by atoms with Gasteiger partial charge in [0.25, 0.3) is 5.91 Å². The molecule has 2 rings (SSSR count). The minimum Gasteiger partial charge on any atom is -0.348 e. The number of amides is 1. The molecule has 0 aliphatic heterocycles. The summed E-state index contributed by atoms with van der Waals surface area (Å²) in [4.78, 5) is 11.9. The average molecular weight is 359 g/mol. The van der Waals surface area contributed by atoms with E-state index in [0.717, 1.165) is 14.5 Å². The van der Waals surface area contributed by atoms with Crippen LogP contribution in [0.4, 0.5) is 0 Å². The van der Waals surface area contributed by atoms with Crippen LogP contribution < -0.4 is 5.32 Å². The topological polar surface area (TPSA) is 57.8 Å². The molecule has 0 aliphatic carbocycles. The van der Waals surface area contributed by atoms with Crippen LogP contribution in [0.5, 0.6) is 0 Å². The van der Waals surface area contributed by atoms with Gasteiger partial charge in [0, 0.05) is 32.8 Å². The molecule has 2 N–H and O–H groups in total. The third-order valence-electron chi connectivity index (χ3n) is 2.13. The highest BCUT2D eigenvalue weighted by Crippen LogP contribution is 2.20. The number of H-pyrrole nitrogens is 1. The summed E-state index contributed by atoms with van der Waals surface area (Å²) < 4.78 is 1.72. The summed E-state index contributed by atoms with van der Waals surface area (Å²) >= 11 is 6.69. The standard InChI is InChI=1S/C11H9Br2N3O/c12-9-1-8(2-10(13)3-9)11(17)14-4-7-5-15-16-6-7/h1-3,5-6H,4H2,(H,14,17)(H,15,16). The zero-order valence-electron chi connectivity index (χ0n) is 8.71. The molecule has 0 spiro atoms. The van der Waals surface area contributed by atoms with Gasteiger partial charge >= 0.3 is 0 Å². The van der Waals surface area contributed by atoms with Gasteiger partial charge in [0.05, 0.1) is 6.20 Å². The average Bonchev–Trinajstić information content (AvgIpc) is 2.77. The SMILES string of the molecule is O=C(NCc1cn[nH]c1)c1cc(Br)cc(Br)c1. The minimum atomic E-state index is -0.117. The molecule has 1 amide bonds. The number of carbonyl (C=O) groups is 1. The van der Waals surface area contributed by atoms with Gasteiger partial charge < -0.3 is 5.32 Å². The molecule has 0 fully saturated rings. The maximum absolute atomic E-state index is 11.9. The van der Waals surface area contributed by atoms with E-state index in [1.54, 1.807) is 24.5 Å². The van der Waals surface area contributed by atoms with Gasteiger partial charge in [0.1, 0.15) is 0 Å². The van der Waals surface area contributed by atoms with Crippen LogP contribution in [0, 0.1) is 0 Å². The van der Waals surface area contributed by atoms with Crippen molar-refractivity contribution in [2.45, 2.75) is 6.54 Å². The highest BCUT2D eigenvalue weighted by Gasteiger charge is 2.07. The number of aromatic nitrogens is 2. The summed E-state index contributed by atoms with van der Waals surface area (Å²) in [7, 11) is 0. The second kappa shape index (κ2) is 5.46. The summed E-state index contributed by atoms with van der Waals surface area (Å²) in [6.07, 6.45) is 3.42. The molecule has 88 valence electrons. The van der Waals surface area contributed by atoms with Crippen LogP contribution in [-0.4, -0.2) is 16.1 Å². The van der Waals surface area contributed by atoms with Gasteiger partial charge in [-0.2, -0.15) is 5.10 Å². The molecule has 0 unspecified atom stereocenters. The van der Waals surface area contributed by atoms with E-state index in [0.29, 0.717) is 12.1 Å².